The maximum absolute atomic E-state index is 11.3. The van der Waals surface area contributed by atoms with Crippen molar-refractivity contribution in [2.24, 2.45) is 0 Å². The zero-order valence-corrected chi connectivity index (χ0v) is 8.76. The molecule has 15 heavy (non-hydrogen) atoms. The largest absolute Gasteiger partial charge is 0.348 e. The first-order valence-electron chi connectivity index (χ1n) is 3.94. The molecule has 1 heterocycles. The van der Waals surface area contributed by atoms with Crippen LogP contribution in [-0.2, 0) is 0 Å². The number of H-pyrrole nitrogens is 2. The summed E-state index contributed by atoms with van der Waals surface area (Å²) in [5.41, 5.74) is -0.823. The summed E-state index contributed by atoms with van der Waals surface area (Å²) in [5, 5.41) is 5.02. The molecule has 0 fully saturated rings. The molecule has 1 aromatic heterocycles. The Labute approximate surface area is 93.2 Å². The van der Waals surface area contributed by atoms with Crippen LogP contribution in [0.1, 0.15) is 0 Å². The van der Waals surface area contributed by atoms with E-state index < -0.39 is 11.4 Å². The molecule has 0 aliphatic rings. The van der Waals surface area contributed by atoms with Crippen molar-refractivity contribution in [2.45, 2.75) is 0 Å². The number of rotatable bonds is 1. The molecule has 2 aromatic rings. The lowest BCUT2D eigenvalue weighted by Gasteiger charge is -2.00. The van der Waals surface area contributed by atoms with E-state index >= 15 is 0 Å². The van der Waals surface area contributed by atoms with Gasteiger partial charge in [0.2, 0.25) is 0 Å². The molecule has 0 saturated heterocycles. The molecular formula is C8H5Cl2N3O2. The van der Waals surface area contributed by atoms with E-state index in [1.807, 2.05) is 0 Å². The van der Waals surface area contributed by atoms with Crippen LogP contribution in [0.25, 0.3) is 5.69 Å². The average molecular weight is 246 g/mol. The quantitative estimate of drug-likeness (QED) is 0.792. The van der Waals surface area contributed by atoms with E-state index in [0.29, 0.717) is 15.7 Å². The van der Waals surface area contributed by atoms with Gasteiger partial charge < -0.3 is 0 Å². The van der Waals surface area contributed by atoms with Gasteiger partial charge in [-0.1, -0.05) is 23.2 Å². The van der Waals surface area contributed by atoms with Crippen molar-refractivity contribution >= 4 is 23.2 Å². The number of halogens is 2. The highest BCUT2D eigenvalue weighted by molar-refractivity contribution is 6.34. The van der Waals surface area contributed by atoms with E-state index in [-0.39, 0.29) is 0 Å². The Morgan fingerprint density at radius 2 is 1.40 bits per heavy atom. The van der Waals surface area contributed by atoms with Gasteiger partial charge in [-0.15, -0.1) is 0 Å². The van der Waals surface area contributed by atoms with E-state index in [4.69, 9.17) is 23.2 Å². The number of benzene rings is 1. The highest BCUT2D eigenvalue weighted by atomic mass is 35.5. The van der Waals surface area contributed by atoms with Crippen molar-refractivity contribution < 1.29 is 0 Å². The van der Waals surface area contributed by atoms with Crippen molar-refractivity contribution in [3.05, 3.63) is 49.2 Å². The summed E-state index contributed by atoms with van der Waals surface area (Å²) in [6, 6.07) is 4.45. The van der Waals surface area contributed by atoms with E-state index in [1.54, 1.807) is 0 Å². The number of aromatic nitrogens is 3. The average Bonchev–Trinajstić information content (AvgIpc) is 2.44. The van der Waals surface area contributed by atoms with E-state index in [2.05, 4.69) is 10.2 Å². The second-order valence-electron chi connectivity index (χ2n) is 2.82. The highest BCUT2D eigenvalue weighted by Gasteiger charge is 2.07. The van der Waals surface area contributed by atoms with Gasteiger partial charge in [-0.2, -0.15) is 0 Å². The molecule has 1 aromatic carbocycles. The molecule has 0 saturated carbocycles. The van der Waals surface area contributed by atoms with Crippen LogP contribution in [0.4, 0.5) is 0 Å². The standard InChI is InChI=1S/C8H5Cl2N3O2/c9-4-1-5(10)3-6(2-4)13-7(14)11-12-8(13)15/h1-3H,(H,11,14)(H,12,15). The zero-order chi connectivity index (χ0) is 11.0. The van der Waals surface area contributed by atoms with Crippen LogP contribution in [0.15, 0.2) is 27.8 Å². The van der Waals surface area contributed by atoms with Crippen LogP contribution < -0.4 is 11.4 Å². The number of aromatic amines is 2. The van der Waals surface area contributed by atoms with Gasteiger partial charge in [0.1, 0.15) is 0 Å². The minimum Gasteiger partial charge on any atom is -0.247 e. The summed E-state index contributed by atoms with van der Waals surface area (Å²) in [7, 11) is 0. The fraction of sp³-hybridized carbons (Fsp3) is 0. The maximum Gasteiger partial charge on any atom is 0.348 e. The Morgan fingerprint density at radius 3 is 1.87 bits per heavy atom. The predicted octanol–water partition coefficient (Wildman–Crippen LogP) is 1.16. The number of hydrogen-bond acceptors (Lipinski definition) is 2. The van der Waals surface area contributed by atoms with Gasteiger partial charge in [-0.05, 0) is 18.2 Å². The molecule has 0 amide bonds. The van der Waals surface area contributed by atoms with Crippen LogP contribution in [0, 0.1) is 0 Å². The van der Waals surface area contributed by atoms with Crippen LogP contribution >= 0.6 is 23.2 Å². The Balaban J connectivity index is 2.74. The third-order valence-electron chi connectivity index (χ3n) is 1.79. The monoisotopic (exact) mass is 245 g/mol. The number of nitrogens with zero attached hydrogens (tertiary/aromatic N) is 1. The lowest BCUT2D eigenvalue weighted by Crippen LogP contribution is -2.24. The summed E-state index contributed by atoms with van der Waals surface area (Å²) in [6.45, 7) is 0. The molecule has 2 N–H and O–H groups in total. The molecule has 0 unspecified atom stereocenters. The van der Waals surface area contributed by atoms with Gasteiger partial charge in [-0.25, -0.2) is 24.4 Å². The maximum atomic E-state index is 11.3. The summed E-state index contributed by atoms with van der Waals surface area (Å²) in [5.74, 6) is 0. The molecule has 7 heteroatoms. The molecule has 0 atom stereocenters. The molecule has 0 spiro atoms. The summed E-state index contributed by atoms with van der Waals surface area (Å²) in [4.78, 5) is 22.5. The summed E-state index contributed by atoms with van der Waals surface area (Å²) in [6.07, 6.45) is 0. The second kappa shape index (κ2) is 3.60. The first kappa shape index (κ1) is 10.1. The number of nitrogens with one attached hydrogen (secondary N) is 2. The molecule has 5 nitrogen and oxygen atoms in total. The summed E-state index contributed by atoms with van der Waals surface area (Å²) < 4.78 is 0.901. The molecule has 78 valence electrons. The van der Waals surface area contributed by atoms with Crippen LogP contribution in [0.5, 0.6) is 0 Å². The van der Waals surface area contributed by atoms with Crippen LogP contribution in [0.3, 0.4) is 0 Å². The molecular weight excluding hydrogens is 241 g/mol. The van der Waals surface area contributed by atoms with Crippen molar-refractivity contribution in [1.29, 1.82) is 0 Å². The fourth-order valence-corrected chi connectivity index (χ4v) is 1.73. The highest BCUT2D eigenvalue weighted by Crippen LogP contribution is 2.19. The lowest BCUT2D eigenvalue weighted by molar-refractivity contribution is 0.952. The molecule has 2 rings (SSSR count). The van der Waals surface area contributed by atoms with Crippen molar-refractivity contribution in [3.63, 3.8) is 0 Å². The minimum absolute atomic E-state index is 0.319. The van der Waals surface area contributed by atoms with Crippen LogP contribution in [0.2, 0.25) is 10.0 Å². The van der Waals surface area contributed by atoms with Crippen LogP contribution in [-0.4, -0.2) is 14.8 Å². The Morgan fingerprint density at radius 1 is 0.933 bits per heavy atom. The van der Waals surface area contributed by atoms with E-state index in [0.717, 1.165) is 4.57 Å². The van der Waals surface area contributed by atoms with E-state index in [1.165, 1.54) is 18.2 Å². The predicted molar refractivity (Wildman–Crippen MR) is 57.0 cm³/mol. The van der Waals surface area contributed by atoms with Gasteiger partial charge in [0.15, 0.2) is 0 Å². The Bertz CT molecular complexity index is 563. The van der Waals surface area contributed by atoms with Gasteiger partial charge in [0.05, 0.1) is 5.69 Å². The lowest BCUT2D eigenvalue weighted by atomic mass is 10.3. The Hall–Kier alpha value is -1.46. The van der Waals surface area contributed by atoms with Gasteiger partial charge in [0.25, 0.3) is 0 Å². The van der Waals surface area contributed by atoms with Gasteiger partial charge in [-0.3, -0.25) is 0 Å². The zero-order valence-electron chi connectivity index (χ0n) is 7.25. The van der Waals surface area contributed by atoms with E-state index in [9.17, 15) is 9.59 Å². The SMILES string of the molecule is O=c1[nH][nH]c(=O)n1-c1cc(Cl)cc(Cl)c1. The molecule has 0 aliphatic heterocycles. The second-order valence-corrected chi connectivity index (χ2v) is 3.70. The third-order valence-corrected chi connectivity index (χ3v) is 2.22. The third kappa shape index (κ3) is 1.84. The van der Waals surface area contributed by atoms with Crippen molar-refractivity contribution in [2.75, 3.05) is 0 Å². The molecule has 0 aliphatic carbocycles. The summed E-state index contributed by atoms with van der Waals surface area (Å²) >= 11 is 11.5. The number of hydrogen-bond donors (Lipinski definition) is 2. The smallest absolute Gasteiger partial charge is 0.247 e. The fourth-order valence-electron chi connectivity index (χ4n) is 1.21. The van der Waals surface area contributed by atoms with Gasteiger partial charge >= 0.3 is 11.4 Å². The van der Waals surface area contributed by atoms with Crippen molar-refractivity contribution in [3.8, 4) is 5.69 Å². The van der Waals surface area contributed by atoms with Crippen molar-refractivity contribution in [1.82, 2.24) is 14.8 Å². The minimum atomic E-state index is -0.571. The normalized spacial score (nSPS) is 10.5. The first-order chi connectivity index (χ1) is 7.08. The van der Waals surface area contributed by atoms with Gasteiger partial charge in [0, 0.05) is 10.0 Å². The molecule has 0 radical (unpaired) electrons. The topological polar surface area (TPSA) is 70.7 Å². The first-order valence-corrected chi connectivity index (χ1v) is 4.70. The Kier molecular flexibility index (Phi) is 2.42. The molecule has 0 bridgehead atoms.